The number of nitrogen functional groups attached to an aromatic ring is 1. The van der Waals surface area contributed by atoms with Crippen LogP contribution < -0.4 is 37.6 Å². The molecule has 3 aromatic carbocycles. The fraction of sp³-hybridized carbons (Fsp3) is 0.262. The van der Waals surface area contributed by atoms with Crippen molar-refractivity contribution in [3.63, 3.8) is 0 Å². The lowest BCUT2D eigenvalue weighted by Crippen LogP contribution is -2.31. The second-order valence-corrected chi connectivity index (χ2v) is 23.7. The number of carbonyl (C=O) groups excluding carboxylic acids is 1. The van der Waals surface area contributed by atoms with Gasteiger partial charge in [0, 0.05) is 83.1 Å². The minimum atomic E-state index is -1.00. The molecule has 91 heavy (non-hydrogen) atoms. The molecule has 0 aliphatic carbocycles. The average molecular weight is 1360 g/mol. The first-order chi connectivity index (χ1) is 42.8. The highest BCUT2D eigenvalue weighted by atomic mass is 35.5. The molecule has 3 aliphatic rings. The number of carboxylic acids is 1. The molecule has 7 aromatic heterocycles. The van der Waals surface area contributed by atoms with E-state index in [0.29, 0.717) is 64.2 Å². The fourth-order valence-electron chi connectivity index (χ4n) is 11.4. The molecule has 0 radical (unpaired) electrons. The van der Waals surface area contributed by atoms with Crippen molar-refractivity contribution in [1.29, 1.82) is 0 Å². The van der Waals surface area contributed by atoms with E-state index in [2.05, 4.69) is 74.0 Å². The molecule has 476 valence electrons. The number of carboxylic acid groups (broad SMARTS) is 1. The molecule has 24 nitrogen and oxygen atoms in total. The van der Waals surface area contributed by atoms with Crippen LogP contribution in [-0.4, -0.2) is 99.3 Å². The number of amides is 1. The molecule has 0 saturated heterocycles. The number of aromatic nitrogens is 14. The van der Waals surface area contributed by atoms with E-state index in [0.717, 1.165) is 85.4 Å². The maximum atomic E-state index is 13.5. The first-order valence-electron chi connectivity index (χ1n) is 27.8. The monoisotopic (exact) mass is 1350 g/mol. The summed E-state index contributed by atoms with van der Waals surface area (Å²) in [5.74, 6) is 3.62. The lowest BCUT2D eigenvalue weighted by molar-refractivity contribution is -0.133. The maximum Gasteiger partial charge on any atom is 0.335 e. The Balaban J connectivity index is 0.000000151. The normalized spacial score (nSPS) is 15.5. The van der Waals surface area contributed by atoms with Gasteiger partial charge in [0.1, 0.15) is 64.2 Å². The Hall–Kier alpha value is -8.91. The average Bonchev–Trinajstić information content (AvgIpc) is 1.68. The van der Waals surface area contributed by atoms with Crippen LogP contribution in [0.25, 0.3) is 16.7 Å². The van der Waals surface area contributed by atoms with Gasteiger partial charge in [0.05, 0.1) is 82.6 Å². The van der Waals surface area contributed by atoms with Crippen LogP contribution in [0.4, 0.5) is 40.5 Å². The second kappa shape index (κ2) is 26.9. The van der Waals surface area contributed by atoms with Gasteiger partial charge in [0.15, 0.2) is 5.65 Å². The number of allylic oxidation sites excluding steroid dienone is 4. The first kappa shape index (κ1) is 66.5. The van der Waals surface area contributed by atoms with Gasteiger partial charge in [0.25, 0.3) is 5.91 Å². The van der Waals surface area contributed by atoms with Crippen molar-refractivity contribution < 1.29 is 14.7 Å². The van der Waals surface area contributed by atoms with Gasteiger partial charge in [-0.2, -0.15) is 30.6 Å². The number of nitrogens with two attached hydrogens (primary N) is 1. The van der Waals surface area contributed by atoms with E-state index in [1.165, 1.54) is 0 Å². The summed E-state index contributed by atoms with van der Waals surface area (Å²) >= 11 is 36.9. The van der Waals surface area contributed by atoms with Crippen molar-refractivity contribution in [3.05, 3.63) is 189 Å². The summed E-state index contributed by atoms with van der Waals surface area (Å²) in [4.78, 5) is 30.1. The Labute approximate surface area is 554 Å². The Morgan fingerprint density at radius 2 is 0.956 bits per heavy atom. The summed E-state index contributed by atoms with van der Waals surface area (Å²) in [7, 11) is 11.2. The number of nitrogens with one attached hydrogen (secondary N) is 6. The van der Waals surface area contributed by atoms with E-state index in [4.69, 9.17) is 80.3 Å². The lowest BCUT2D eigenvalue weighted by atomic mass is 9.94. The van der Waals surface area contributed by atoms with Crippen LogP contribution in [0.3, 0.4) is 0 Å². The highest BCUT2D eigenvalue weighted by Crippen LogP contribution is 2.44. The quantitative estimate of drug-likeness (QED) is 0.0667. The largest absolute Gasteiger partial charge is 0.478 e. The van der Waals surface area contributed by atoms with Crippen LogP contribution in [0.2, 0.25) is 30.1 Å². The zero-order valence-electron chi connectivity index (χ0n) is 50.8. The van der Waals surface area contributed by atoms with Gasteiger partial charge in [-0.05, 0) is 94.6 Å². The van der Waals surface area contributed by atoms with Gasteiger partial charge >= 0.3 is 5.97 Å². The smallest absolute Gasteiger partial charge is 0.335 e. The summed E-state index contributed by atoms with van der Waals surface area (Å²) < 4.78 is 12.7. The summed E-state index contributed by atoms with van der Waals surface area (Å²) in [5, 5.41) is 57.2. The van der Waals surface area contributed by atoms with Crippen molar-refractivity contribution in [2.24, 2.45) is 28.2 Å². The zero-order chi connectivity index (χ0) is 64.9. The van der Waals surface area contributed by atoms with Gasteiger partial charge in [-0.1, -0.05) is 95.2 Å². The number of benzene rings is 3. The van der Waals surface area contributed by atoms with Crippen LogP contribution >= 0.6 is 69.6 Å². The highest BCUT2D eigenvalue weighted by molar-refractivity contribution is 6.43. The molecule has 3 atom stereocenters. The third-order valence-electron chi connectivity index (χ3n) is 15.4. The van der Waals surface area contributed by atoms with Gasteiger partial charge in [-0.25, -0.2) is 23.8 Å². The molecule has 0 bridgehead atoms. The Morgan fingerprint density at radius 1 is 0.538 bits per heavy atom. The molecular formula is C61H67Cl6N21O3. The third kappa shape index (κ3) is 12.7. The van der Waals surface area contributed by atoms with Crippen LogP contribution in [0.5, 0.6) is 0 Å². The number of hydrogen-bond donors (Lipinski definition) is 8. The topological polar surface area (TPSA) is 277 Å². The van der Waals surface area contributed by atoms with Crippen LogP contribution in [0, 0.1) is 20.8 Å². The molecule has 0 saturated carbocycles. The molecule has 10 aromatic rings. The Kier molecular flexibility index (Phi) is 19.6. The number of imidazole rings is 1. The molecule has 30 heteroatoms. The van der Waals surface area contributed by atoms with Crippen molar-refractivity contribution in [2.45, 2.75) is 67.1 Å². The number of hydrogen-bond acceptors (Lipinski definition) is 15. The van der Waals surface area contributed by atoms with E-state index >= 15 is 0 Å². The molecule has 9 N–H and O–H groups in total. The number of aryl methyl sites for hydroxylation is 7. The molecule has 0 spiro atoms. The van der Waals surface area contributed by atoms with E-state index in [1.807, 2.05) is 109 Å². The van der Waals surface area contributed by atoms with E-state index in [9.17, 15) is 14.7 Å². The number of rotatable bonds is 9. The van der Waals surface area contributed by atoms with Crippen molar-refractivity contribution >= 4 is 139 Å². The van der Waals surface area contributed by atoms with Gasteiger partial charge in [-0.3, -0.25) is 18.8 Å². The number of aliphatic carboxylic acids is 1. The van der Waals surface area contributed by atoms with E-state index in [1.54, 1.807) is 87.7 Å². The zero-order valence-corrected chi connectivity index (χ0v) is 55.3. The van der Waals surface area contributed by atoms with E-state index in [-0.39, 0.29) is 24.9 Å². The molecule has 10 heterocycles. The Morgan fingerprint density at radius 3 is 1.38 bits per heavy atom. The summed E-state index contributed by atoms with van der Waals surface area (Å²) in [6, 6.07) is 20.5. The van der Waals surface area contributed by atoms with Crippen molar-refractivity contribution in [2.75, 3.05) is 51.7 Å². The molecule has 3 unspecified atom stereocenters. The third-order valence-corrected chi connectivity index (χ3v) is 17.7. The standard InChI is InChI=1S/C20H21Cl2N7O.C20H19Cl2N7.C14H11Cl2N3O2.C6H12N4.CH4/c1-10-16(20(30)26-17-11(2)27-28(4)19(17)23-3)18(29-15(25-10)7-8-24-29)12-5-6-13(21)14(22)9-12;1-10-16(19-25-17-11(2)26-28(4)20(17)27(19)3)18(29-15(24-10)7-8-23-29)12-5-6-13(21)14(22)9-12;1-7-12(14(20)21)13(19-11(18-7)4-5-17-19)8-2-3-9(15)10(16)6-8;1-4-5(7)6(8-2)10(3)9-4;/h5-9,18,23,25H,1-4H3,(H,26,30);5-9,18,24H,1-4H3;2-6,13,18H,1H3,(H,20,21);8H,7H2,1-3H3;1H4. The van der Waals surface area contributed by atoms with Gasteiger partial charge < -0.3 is 47.3 Å². The van der Waals surface area contributed by atoms with Gasteiger partial charge in [-0.15, -0.1) is 0 Å². The summed E-state index contributed by atoms with van der Waals surface area (Å²) in [6.45, 7) is 11.4. The summed E-state index contributed by atoms with van der Waals surface area (Å²) in [5.41, 5.74) is 18.0. The van der Waals surface area contributed by atoms with Crippen molar-refractivity contribution in [1.82, 2.24) is 68.2 Å². The van der Waals surface area contributed by atoms with Crippen LogP contribution in [-0.2, 0) is 37.8 Å². The van der Waals surface area contributed by atoms with E-state index < -0.39 is 18.1 Å². The number of fused-ring (bicyclic) bond motifs is 4. The predicted molar refractivity (Wildman–Crippen MR) is 364 cm³/mol. The molecule has 1 amide bonds. The fourth-order valence-corrected chi connectivity index (χ4v) is 12.3. The van der Waals surface area contributed by atoms with Crippen LogP contribution in [0.1, 0.15) is 85.9 Å². The second-order valence-electron chi connectivity index (χ2n) is 21.2. The number of nitrogens with zero attached hydrogens (tertiary/aromatic N) is 14. The molecule has 0 fully saturated rings. The minimum absolute atomic E-state index is 0. The van der Waals surface area contributed by atoms with Gasteiger partial charge in [0.2, 0.25) is 0 Å². The number of anilines is 7. The summed E-state index contributed by atoms with van der Waals surface area (Å²) in [6.07, 6.45) is 5.09. The lowest BCUT2D eigenvalue weighted by Gasteiger charge is -2.30. The number of halogens is 6. The van der Waals surface area contributed by atoms with Crippen LogP contribution in [0.15, 0.2) is 120 Å². The van der Waals surface area contributed by atoms with Crippen molar-refractivity contribution in [3.8, 4) is 0 Å². The molecule has 3 aliphatic heterocycles. The Bertz CT molecular complexity index is 4560. The molecular weight excluding hydrogens is 1290 g/mol. The SMILES string of the molecule is C.CC1=C(C(=O)O)C(c2ccc(Cl)c(Cl)c2)n2nccc2N1.CC1=C(c2nc3c(C)nn(C)c3n2C)C(c2ccc(Cl)c(Cl)c2)n2nccc2N1.CNc1c(N)c(C)nn1C.CNc1c(NC(=O)C2=C(C)Nc3ccnn3C2c2ccc(Cl)c(Cl)c2)c(C)nn1C. The molecule has 13 rings (SSSR count). The first-order valence-corrected chi connectivity index (χ1v) is 30.1. The maximum absolute atomic E-state index is 13.5. The highest BCUT2D eigenvalue weighted by Gasteiger charge is 2.37. The minimum Gasteiger partial charge on any atom is -0.478 e. The number of carbonyl (C=O) groups is 2. The predicted octanol–water partition coefficient (Wildman–Crippen LogP) is 13.3.